The first-order chi connectivity index (χ1) is 7.56. The van der Waals surface area contributed by atoms with Crippen LogP contribution in [0.25, 0.3) is 0 Å². The number of carbonyl (C=O) groups excluding carboxylic acids is 1. The monoisotopic (exact) mass is 347 g/mol. The van der Waals surface area contributed by atoms with E-state index in [1.165, 1.54) is 0 Å². The van der Waals surface area contributed by atoms with Gasteiger partial charge in [0.25, 0.3) is 5.91 Å². The van der Waals surface area contributed by atoms with Gasteiger partial charge in [-0.15, -0.1) is 0 Å². The SMILES string of the molecule is CCC(Br)CNC(=O)c1cccc(Br)c1C. The topological polar surface area (TPSA) is 29.1 Å². The lowest BCUT2D eigenvalue weighted by molar-refractivity contribution is 0.0953. The summed E-state index contributed by atoms with van der Waals surface area (Å²) in [4.78, 5) is 12.2. The summed E-state index contributed by atoms with van der Waals surface area (Å²) in [6.07, 6.45) is 0.998. The van der Waals surface area contributed by atoms with E-state index in [0.29, 0.717) is 11.4 Å². The Kier molecular flexibility index (Phi) is 5.49. The highest BCUT2D eigenvalue weighted by Gasteiger charge is 2.11. The van der Waals surface area contributed by atoms with Crippen LogP contribution in [0.2, 0.25) is 0 Å². The van der Waals surface area contributed by atoms with Crippen molar-refractivity contribution in [3.05, 3.63) is 33.8 Å². The van der Waals surface area contributed by atoms with Crippen LogP contribution in [0.5, 0.6) is 0 Å². The molecule has 1 rings (SSSR count). The van der Waals surface area contributed by atoms with E-state index < -0.39 is 0 Å². The summed E-state index contributed by atoms with van der Waals surface area (Å²) in [5, 5.41) is 2.91. The van der Waals surface area contributed by atoms with E-state index in [4.69, 9.17) is 0 Å². The third kappa shape index (κ3) is 3.59. The molecule has 1 aromatic rings. The van der Waals surface area contributed by atoms with Gasteiger partial charge in [0.15, 0.2) is 0 Å². The number of nitrogens with one attached hydrogen (secondary N) is 1. The summed E-state index contributed by atoms with van der Waals surface area (Å²) in [6, 6.07) is 5.65. The Morgan fingerprint density at radius 1 is 1.50 bits per heavy atom. The van der Waals surface area contributed by atoms with Gasteiger partial charge in [-0.2, -0.15) is 0 Å². The average Bonchev–Trinajstić information content (AvgIpc) is 2.29. The Bertz CT molecular complexity index is 379. The number of hydrogen-bond donors (Lipinski definition) is 1. The maximum absolute atomic E-state index is 11.9. The zero-order chi connectivity index (χ0) is 12.1. The second-order valence-electron chi connectivity index (χ2n) is 3.63. The molecule has 0 aliphatic heterocycles. The second kappa shape index (κ2) is 6.40. The molecule has 0 aromatic heterocycles. The molecule has 4 heteroatoms. The number of amides is 1. The lowest BCUT2D eigenvalue weighted by Crippen LogP contribution is -2.29. The maximum Gasteiger partial charge on any atom is 0.251 e. The van der Waals surface area contributed by atoms with Gasteiger partial charge in [-0.3, -0.25) is 4.79 Å². The molecule has 0 heterocycles. The Hall–Kier alpha value is -0.350. The first kappa shape index (κ1) is 13.7. The zero-order valence-electron chi connectivity index (χ0n) is 9.39. The Morgan fingerprint density at radius 2 is 2.19 bits per heavy atom. The summed E-state index contributed by atoms with van der Waals surface area (Å²) >= 11 is 6.91. The molecule has 0 bridgehead atoms. The number of halogens is 2. The number of hydrogen-bond acceptors (Lipinski definition) is 1. The van der Waals surface area contributed by atoms with Crippen molar-refractivity contribution in [1.29, 1.82) is 0 Å². The molecule has 0 spiro atoms. The largest absolute Gasteiger partial charge is 0.351 e. The average molecular weight is 349 g/mol. The van der Waals surface area contributed by atoms with Crippen LogP contribution in [0.3, 0.4) is 0 Å². The molecule has 0 aliphatic carbocycles. The summed E-state index contributed by atoms with van der Waals surface area (Å²) in [5.74, 6) is -0.0169. The van der Waals surface area contributed by atoms with Crippen molar-refractivity contribution in [2.45, 2.75) is 25.1 Å². The maximum atomic E-state index is 11.9. The number of benzene rings is 1. The van der Waals surface area contributed by atoms with E-state index in [9.17, 15) is 4.79 Å². The van der Waals surface area contributed by atoms with Crippen molar-refractivity contribution >= 4 is 37.8 Å². The standard InChI is InChI=1S/C12H15Br2NO/c1-3-9(13)7-15-12(16)10-5-4-6-11(14)8(10)2/h4-6,9H,3,7H2,1-2H3,(H,15,16). The minimum atomic E-state index is -0.0169. The third-order valence-corrected chi connectivity index (χ3v) is 4.27. The van der Waals surface area contributed by atoms with Gasteiger partial charge in [0.1, 0.15) is 0 Å². The normalized spacial score (nSPS) is 12.2. The van der Waals surface area contributed by atoms with Gasteiger partial charge in [-0.05, 0) is 31.0 Å². The first-order valence-corrected chi connectivity index (χ1v) is 6.94. The van der Waals surface area contributed by atoms with Crippen LogP contribution in [-0.2, 0) is 0 Å². The predicted molar refractivity (Wildman–Crippen MR) is 74.2 cm³/mol. The van der Waals surface area contributed by atoms with Crippen LogP contribution in [0.15, 0.2) is 22.7 Å². The van der Waals surface area contributed by atoms with E-state index in [-0.39, 0.29) is 5.91 Å². The van der Waals surface area contributed by atoms with Crippen molar-refractivity contribution in [3.8, 4) is 0 Å². The lowest BCUT2D eigenvalue weighted by atomic mass is 10.1. The lowest BCUT2D eigenvalue weighted by Gasteiger charge is -2.11. The quantitative estimate of drug-likeness (QED) is 0.826. The molecule has 0 aliphatic rings. The van der Waals surface area contributed by atoms with Crippen molar-refractivity contribution in [3.63, 3.8) is 0 Å². The molecule has 1 unspecified atom stereocenters. The molecule has 0 fully saturated rings. The van der Waals surface area contributed by atoms with Crippen LogP contribution in [0, 0.1) is 6.92 Å². The molecule has 0 saturated heterocycles. The number of rotatable bonds is 4. The molecule has 1 atom stereocenters. The summed E-state index contributed by atoms with van der Waals surface area (Å²) < 4.78 is 0.964. The van der Waals surface area contributed by atoms with Crippen LogP contribution < -0.4 is 5.32 Å². The Labute approximate surface area is 113 Å². The highest BCUT2D eigenvalue weighted by molar-refractivity contribution is 9.10. The van der Waals surface area contributed by atoms with Crippen LogP contribution in [0.1, 0.15) is 29.3 Å². The number of alkyl halides is 1. The molecule has 1 aromatic carbocycles. The highest BCUT2D eigenvalue weighted by atomic mass is 79.9. The molecular weight excluding hydrogens is 334 g/mol. The van der Waals surface area contributed by atoms with Gasteiger partial charge in [-0.1, -0.05) is 44.8 Å². The van der Waals surface area contributed by atoms with E-state index in [1.54, 1.807) is 0 Å². The molecular formula is C12H15Br2NO. The first-order valence-electron chi connectivity index (χ1n) is 5.23. The fourth-order valence-corrected chi connectivity index (χ4v) is 1.82. The summed E-state index contributed by atoms with van der Waals surface area (Å²) in [6.45, 7) is 4.67. The van der Waals surface area contributed by atoms with Gasteiger partial charge in [0, 0.05) is 21.4 Å². The van der Waals surface area contributed by atoms with Crippen LogP contribution >= 0.6 is 31.9 Å². The smallest absolute Gasteiger partial charge is 0.251 e. The molecule has 2 nitrogen and oxygen atoms in total. The van der Waals surface area contributed by atoms with E-state index >= 15 is 0 Å². The number of carbonyl (C=O) groups is 1. The molecule has 16 heavy (non-hydrogen) atoms. The molecule has 88 valence electrons. The zero-order valence-corrected chi connectivity index (χ0v) is 12.6. The summed E-state index contributed by atoms with van der Waals surface area (Å²) in [5.41, 5.74) is 1.70. The van der Waals surface area contributed by atoms with Crippen molar-refractivity contribution in [1.82, 2.24) is 5.32 Å². The fraction of sp³-hybridized carbons (Fsp3) is 0.417. The van der Waals surface area contributed by atoms with Crippen molar-refractivity contribution in [2.75, 3.05) is 6.54 Å². The molecule has 1 N–H and O–H groups in total. The van der Waals surface area contributed by atoms with E-state index in [1.807, 2.05) is 25.1 Å². The molecule has 0 saturated carbocycles. The van der Waals surface area contributed by atoms with Crippen molar-refractivity contribution in [2.24, 2.45) is 0 Å². The predicted octanol–water partition coefficient (Wildman–Crippen LogP) is 3.66. The van der Waals surface area contributed by atoms with E-state index in [2.05, 4.69) is 44.1 Å². The third-order valence-electron chi connectivity index (χ3n) is 2.44. The van der Waals surface area contributed by atoms with Gasteiger partial charge in [0.05, 0.1) is 0 Å². The van der Waals surface area contributed by atoms with Crippen LogP contribution in [-0.4, -0.2) is 17.3 Å². The molecule has 0 radical (unpaired) electrons. The van der Waals surface area contributed by atoms with Crippen LogP contribution in [0.4, 0.5) is 0 Å². The Balaban J connectivity index is 2.70. The molecule has 1 amide bonds. The Morgan fingerprint density at radius 3 is 2.81 bits per heavy atom. The second-order valence-corrected chi connectivity index (χ2v) is 5.78. The fourth-order valence-electron chi connectivity index (χ4n) is 1.30. The minimum Gasteiger partial charge on any atom is -0.351 e. The van der Waals surface area contributed by atoms with Crippen molar-refractivity contribution < 1.29 is 4.79 Å². The highest BCUT2D eigenvalue weighted by Crippen LogP contribution is 2.19. The van der Waals surface area contributed by atoms with Gasteiger partial charge in [0.2, 0.25) is 0 Å². The summed E-state index contributed by atoms with van der Waals surface area (Å²) in [7, 11) is 0. The van der Waals surface area contributed by atoms with Gasteiger partial charge < -0.3 is 5.32 Å². The van der Waals surface area contributed by atoms with E-state index in [0.717, 1.165) is 22.0 Å². The van der Waals surface area contributed by atoms with Gasteiger partial charge >= 0.3 is 0 Å². The minimum absolute atomic E-state index is 0.0169. The van der Waals surface area contributed by atoms with Gasteiger partial charge in [-0.25, -0.2) is 0 Å².